The quantitative estimate of drug-likeness (QED) is 0.484. The fourth-order valence-corrected chi connectivity index (χ4v) is 2.73. The first kappa shape index (κ1) is 12.4. The molecule has 2 aromatic rings. The van der Waals surface area contributed by atoms with Crippen LogP contribution in [-0.4, -0.2) is 9.55 Å². The summed E-state index contributed by atoms with van der Waals surface area (Å²) in [6.07, 6.45) is 1.91. The van der Waals surface area contributed by atoms with Crippen molar-refractivity contribution in [3.8, 4) is 0 Å². The first-order valence-electron chi connectivity index (χ1n) is 5.59. The zero-order valence-electron chi connectivity index (χ0n) is 9.51. The Morgan fingerprint density at radius 1 is 1.16 bits per heavy atom. The Morgan fingerprint density at radius 3 is 2.37 bits per heavy atom. The molecule has 7 heteroatoms. The summed E-state index contributed by atoms with van der Waals surface area (Å²) in [7, 11) is 0. The Kier molecular flexibility index (Phi) is 2.74. The van der Waals surface area contributed by atoms with E-state index in [1.54, 1.807) is 10.8 Å². The molecule has 100 valence electrons. The van der Waals surface area contributed by atoms with E-state index in [1.807, 2.05) is 0 Å². The van der Waals surface area contributed by atoms with Gasteiger partial charge in [-0.1, -0.05) is 0 Å². The van der Waals surface area contributed by atoms with Gasteiger partial charge in [0.25, 0.3) is 0 Å². The number of aromatic nitrogens is 2. The van der Waals surface area contributed by atoms with E-state index in [1.165, 1.54) is 0 Å². The zero-order valence-corrected chi connectivity index (χ0v) is 10.3. The van der Waals surface area contributed by atoms with Crippen molar-refractivity contribution < 1.29 is 17.6 Å². The number of fused-ring (bicyclic) bond motifs is 1. The largest absolute Gasteiger partial charge is 0.337 e. The molecule has 0 spiro atoms. The van der Waals surface area contributed by atoms with E-state index in [2.05, 4.69) is 4.98 Å². The van der Waals surface area contributed by atoms with Crippen molar-refractivity contribution in [2.24, 2.45) is 0 Å². The Morgan fingerprint density at radius 2 is 1.79 bits per heavy atom. The molecular formula is C12H8F4N2S. The first-order chi connectivity index (χ1) is 8.99. The minimum Gasteiger partial charge on any atom is -0.337 e. The van der Waals surface area contributed by atoms with E-state index < -0.39 is 34.8 Å². The molecule has 0 aliphatic carbocycles. The molecule has 0 bridgehead atoms. The second kappa shape index (κ2) is 4.19. The molecule has 19 heavy (non-hydrogen) atoms. The van der Waals surface area contributed by atoms with E-state index in [-0.39, 0.29) is 19.0 Å². The van der Waals surface area contributed by atoms with Crippen molar-refractivity contribution in [3.05, 3.63) is 51.6 Å². The van der Waals surface area contributed by atoms with E-state index in [4.69, 9.17) is 12.2 Å². The number of hydrogen-bond acceptors (Lipinski definition) is 1. The summed E-state index contributed by atoms with van der Waals surface area (Å²) in [5, 5.41) is 0. The Balaban J connectivity index is 2.08. The maximum Gasteiger partial charge on any atom is 0.177 e. The van der Waals surface area contributed by atoms with Gasteiger partial charge in [0.1, 0.15) is 0 Å². The van der Waals surface area contributed by atoms with Crippen LogP contribution in [0.25, 0.3) is 0 Å². The third kappa shape index (κ3) is 1.80. The molecule has 2 heterocycles. The molecule has 1 aliphatic rings. The van der Waals surface area contributed by atoms with Crippen LogP contribution in [-0.2, 0) is 13.0 Å². The van der Waals surface area contributed by atoms with Crippen LogP contribution >= 0.6 is 12.2 Å². The van der Waals surface area contributed by atoms with Crippen LogP contribution in [0.15, 0.2) is 12.3 Å². The minimum atomic E-state index is -1.38. The molecule has 0 saturated heterocycles. The Hall–Kier alpha value is -1.63. The van der Waals surface area contributed by atoms with Crippen LogP contribution in [0.2, 0.25) is 0 Å². The first-order valence-corrected chi connectivity index (χ1v) is 6.00. The lowest BCUT2D eigenvalue weighted by atomic mass is 9.95. The molecule has 1 aliphatic heterocycles. The molecule has 1 atom stereocenters. The van der Waals surface area contributed by atoms with Crippen molar-refractivity contribution in [3.63, 3.8) is 0 Å². The molecule has 1 N–H and O–H groups in total. The van der Waals surface area contributed by atoms with Gasteiger partial charge in [-0.05, 0) is 18.6 Å². The average Bonchev–Trinajstić information content (AvgIpc) is 2.90. The summed E-state index contributed by atoms with van der Waals surface area (Å²) in [5.41, 5.74) is 0.217. The summed E-state index contributed by atoms with van der Waals surface area (Å²) < 4.78 is 55.9. The highest BCUT2D eigenvalue weighted by molar-refractivity contribution is 7.71. The van der Waals surface area contributed by atoms with Crippen LogP contribution in [0, 0.1) is 28.0 Å². The molecule has 0 amide bonds. The van der Waals surface area contributed by atoms with Gasteiger partial charge in [0.05, 0.1) is 0 Å². The normalized spacial score (nSPS) is 17.8. The molecule has 3 rings (SSSR count). The van der Waals surface area contributed by atoms with Crippen LogP contribution in [0.5, 0.6) is 0 Å². The molecule has 0 radical (unpaired) electrons. The average molecular weight is 288 g/mol. The van der Waals surface area contributed by atoms with Crippen LogP contribution in [0.4, 0.5) is 17.6 Å². The smallest absolute Gasteiger partial charge is 0.177 e. The topological polar surface area (TPSA) is 20.7 Å². The van der Waals surface area contributed by atoms with Gasteiger partial charge in [0.2, 0.25) is 0 Å². The standard InChI is InChI=1S/C12H8F4N2S/c13-7-2-8(14)11(16)9(10(7)15)5-1-6-3-17-12(19)18(6)4-5/h2-3,5H,1,4H2,(H,17,19)/t5-/m1/s1. The fourth-order valence-electron chi connectivity index (χ4n) is 2.48. The lowest BCUT2D eigenvalue weighted by molar-refractivity contribution is 0.423. The predicted octanol–water partition coefficient (Wildman–Crippen LogP) is 3.44. The molecule has 1 aromatic carbocycles. The highest BCUT2D eigenvalue weighted by Crippen LogP contribution is 2.34. The van der Waals surface area contributed by atoms with Crippen LogP contribution in [0.1, 0.15) is 17.2 Å². The van der Waals surface area contributed by atoms with E-state index in [0.29, 0.717) is 4.77 Å². The fraction of sp³-hybridized carbons (Fsp3) is 0.250. The third-order valence-corrected chi connectivity index (χ3v) is 3.70. The van der Waals surface area contributed by atoms with Gasteiger partial charge in [-0.15, -0.1) is 0 Å². The number of aromatic amines is 1. The van der Waals surface area contributed by atoms with Gasteiger partial charge in [-0.25, -0.2) is 17.6 Å². The van der Waals surface area contributed by atoms with E-state index in [0.717, 1.165) is 5.69 Å². The maximum absolute atomic E-state index is 13.7. The Labute approximate surface area is 110 Å². The molecule has 1 aromatic heterocycles. The lowest BCUT2D eigenvalue weighted by Gasteiger charge is -2.13. The van der Waals surface area contributed by atoms with Gasteiger partial charge >= 0.3 is 0 Å². The number of nitrogens with one attached hydrogen (secondary N) is 1. The summed E-state index contributed by atoms with van der Waals surface area (Å²) in [6, 6.07) is 0.218. The highest BCUT2D eigenvalue weighted by atomic mass is 32.1. The molecule has 0 saturated carbocycles. The van der Waals surface area contributed by atoms with Crippen LogP contribution in [0.3, 0.4) is 0 Å². The maximum atomic E-state index is 13.7. The lowest BCUT2D eigenvalue weighted by Crippen LogP contribution is -2.10. The zero-order chi connectivity index (χ0) is 13.7. The van der Waals surface area contributed by atoms with Gasteiger partial charge in [-0.2, -0.15) is 0 Å². The molecular weight excluding hydrogens is 280 g/mol. The van der Waals surface area contributed by atoms with Gasteiger partial charge in [0.15, 0.2) is 28.0 Å². The van der Waals surface area contributed by atoms with Crippen molar-refractivity contribution in [2.45, 2.75) is 18.9 Å². The van der Waals surface area contributed by atoms with Crippen molar-refractivity contribution in [1.29, 1.82) is 0 Å². The van der Waals surface area contributed by atoms with Crippen LogP contribution < -0.4 is 0 Å². The summed E-state index contributed by atoms with van der Waals surface area (Å²) in [4.78, 5) is 2.81. The number of hydrogen-bond donors (Lipinski definition) is 1. The second-order valence-corrected chi connectivity index (χ2v) is 4.87. The molecule has 0 fully saturated rings. The Bertz CT molecular complexity index is 693. The van der Waals surface area contributed by atoms with Gasteiger partial charge in [-0.3, -0.25) is 0 Å². The second-order valence-electron chi connectivity index (χ2n) is 4.48. The number of benzene rings is 1. The number of nitrogens with zero attached hydrogens (tertiary/aromatic N) is 1. The summed E-state index contributed by atoms with van der Waals surface area (Å²) in [6.45, 7) is 0.203. The van der Waals surface area contributed by atoms with Crippen molar-refractivity contribution in [2.75, 3.05) is 0 Å². The molecule has 0 unspecified atom stereocenters. The van der Waals surface area contributed by atoms with Crippen molar-refractivity contribution >= 4 is 12.2 Å². The van der Waals surface area contributed by atoms with E-state index >= 15 is 0 Å². The van der Waals surface area contributed by atoms with Gasteiger partial charge < -0.3 is 9.55 Å². The van der Waals surface area contributed by atoms with Gasteiger partial charge in [0, 0.05) is 36.0 Å². The van der Waals surface area contributed by atoms with E-state index in [9.17, 15) is 17.6 Å². The third-order valence-electron chi connectivity index (χ3n) is 3.37. The van der Waals surface area contributed by atoms with Crippen molar-refractivity contribution in [1.82, 2.24) is 9.55 Å². The number of imidazole rings is 1. The number of rotatable bonds is 1. The SMILES string of the molecule is Fc1cc(F)c(F)c([C@@H]2Cc3c[nH]c(=S)n3C2)c1F. The number of H-pyrrole nitrogens is 1. The summed E-state index contributed by atoms with van der Waals surface area (Å²) in [5.74, 6) is -6.07. The number of halogens is 4. The minimum absolute atomic E-state index is 0.203. The monoisotopic (exact) mass is 288 g/mol. The predicted molar refractivity (Wildman–Crippen MR) is 62.3 cm³/mol. The molecule has 2 nitrogen and oxygen atoms in total. The highest BCUT2D eigenvalue weighted by Gasteiger charge is 2.31. The summed E-state index contributed by atoms with van der Waals surface area (Å²) >= 11 is 5.00.